The van der Waals surface area contributed by atoms with Gasteiger partial charge in [-0.3, -0.25) is 11.3 Å². The normalized spacial score (nSPS) is 13.2. The topological polar surface area (TPSA) is 68.8 Å². The minimum absolute atomic E-state index is 0.00389. The fourth-order valence-electron chi connectivity index (χ4n) is 1.79. The number of rotatable bonds is 5. The number of nitrogens with two attached hydrogens (primary N) is 1. The zero-order chi connectivity index (χ0) is 13.1. The van der Waals surface area contributed by atoms with Gasteiger partial charge in [-0.2, -0.15) is 5.10 Å². The van der Waals surface area contributed by atoms with E-state index < -0.39 is 0 Å². The number of hydrogen-bond donors (Lipinski definition) is 2. The predicted molar refractivity (Wildman–Crippen MR) is 73.5 cm³/mol. The van der Waals surface area contributed by atoms with E-state index in [1.807, 2.05) is 16.8 Å². The molecule has 0 saturated heterocycles. The molecule has 2 heterocycles. The van der Waals surface area contributed by atoms with Crippen molar-refractivity contribution in [1.82, 2.24) is 20.2 Å². The first-order chi connectivity index (χ1) is 8.61. The highest BCUT2D eigenvalue weighted by molar-refractivity contribution is 7.16. The molecule has 0 aliphatic heterocycles. The predicted octanol–water partition coefficient (Wildman–Crippen LogP) is 2.32. The molecule has 7 heteroatoms. The summed E-state index contributed by atoms with van der Waals surface area (Å²) in [5.74, 6) is 6.53. The third-order valence-corrected chi connectivity index (χ3v) is 4.01. The van der Waals surface area contributed by atoms with Gasteiger partial charge in [0.1, 0.15) is 12.2 Å². The van der Waals surface area contributed by atoms with Gasteiger partial charge < -0.3 is 0 Å². The van der Waals surface area contributed by atoms with Crippen LogP contribution in [0.4, 0.5) is 0 Å². The molecule has 2 aromatic rings. The molecule has 98 valence electrons. The third kappa shape index (κ3) is 2.89. The molecule has 0 amide bonds. The smallest absolute Gasteiger partial charge is 0.138 e. The van der Waals surface area contributed by atoms with Crippen molar-refractivity contribution in [2.75, 3.05) is 0 Å². The lowest BCUT2D eigenvalue weighted by Gasteiger charge is -2.15. The molecule has 0 aromatic carbocycles. The molecule has 0 radical (unpaired) electrons. The summed E-state index contributed by atoms with van der Waals surface area (Å²) in [5.41, 5.74) is 2.81. The van der Waals surface area contributed by atoms with Crippen LogP contribution in [0.2, 0.25) is 4.34 Å². The largest absolute Gasteiger partial charge is 0.271 e. The molecule has 18 heavy (non-hydrogen) atoms. The first-order valence-corrected chi connectivity index (χ1v) is 6.91. The van der Waals surface area contributed by atoms with Gasteiger partial charge in [-0.25, -0.2) is 9.67 Å². The molecule has 2 aromatic heterocycles. The van der Waals surface area contributed by atoms with E-state index in [1.165, 1.54) is 11.3 Å². The van der Waals surface area contributed by atoms with E-state index >= 15 is 0 Å². The molecule has 0 bridgehead atoms. The summed E-state index contributed by atoms with van der Waals surface area (Å²) in [4.78, 5) is 5.38. The number of hydrogen-bond acceptors (Lipinski definition) is 5. The number of thiophene rings is 1. The van der Waals surface area contributed by atoms with E-state index in [0.717, 1.165) is 15.0 Å². The standard InChI is InChI=1S/C11H16ClN5S/c1-7(2)17-11(14-6-15-17)5-8(16-13)9-3-4-10(12)18-9/h3-4,6-8,16H,5,13H2,1-2H3. The van der Waals surface area contributed by atoms with E-state index in [2.05, 4.69) is 29.4 Å². The number of hydrazine groups is 1. The quantitative estimate of drug-likeness (QED) is 0.653. The summed E-state index contributed by atoms with van der Waals surface area (Å²) >= 11 is 7.46. The van der Waals surface area contributed by atoms with Crippen LogP contribution in [-0.2, 0) is 6.42 Å². The van der Waals surface area contributed by atoms with Crippen LogP contribution in [0.1, 0.15) is 36.6 Å². The van der Waals surface area contributed by atoms with Gasteiger partial charge in [0.2, 0.25) is 0 Å². The van der Waals surface area contributed by atoms with Crippen LogP contribution >= 0.6 is 22.9 Å². The van der Waals surface area contributed by atoms with Crippen LogP contribution in [0.5, 0.6) is 0 Å². The Morgan fingerprint density at radius 3 is 2.83 bits per heavy atom. The minimum Gasteiger partial charge on any atom is -0.271 e. The molecule has 5 nitrogen and oxygen atoms in total. The van der Waals surface area contributed by atoms with Gasteiger partial charge >= 0.3 is 0 Å². The van der Waals surface area contributed by atoms with Gasteiger partial charge in [-0.1, -0.05) is 11.6 Å². The fourth-order valence-corrected chi connectivity index (χ4v) is 2.91. The Morgan fingerprint density at radius 2 is 2.28 bits per heavy atom. The molecule has 1 unspecified atom stereocenters. The van der Waals surface area contributed by atoms with E-state index in [1.54, 1.807) is 6.33 Å². The summed E-state index contributed by atoms with van der Waals surface area (Å²) in [6.45, 7) is 4.15. The lowest BCUT2D eigenvalue weighted by Crippen LogP contribution is -2.30. The molecule has 0 fully saturated rings. The zero-order valence-electron chi connectivity index (χ0n) is 10.3. The Kier molecular flexibility index (Phi) is 4.34. The van der Waals surface area contributed by atoms with Crippen molar-refractivity contribution < 1.29 is 0 Å². The second kappa shape index (κ2) is 5.79. The van der Waals surface area contributed by atoms with Crippen LogP contribution in [0.15, 0.2) is 18.5 Å². The summed E-state index contributed by atoms with van der Waals surface area (Å²) in [5, 5.41) is 4.22. The maximum atomic E-state index is 5.94. The Morgan fingerprint density at radius 1 is 1.50 bits per heavy atom. The number of halogens is 1. The Labute approximate surface area is 115 Å². The summed E-state index contributed by atoms with van der Waals surface area (Å²) in [6, 6.07) is 4.14. The van der Waals surface area contributed by atoms with Gasteiger partial charge in [0, 0.05) is 17.3 Å². The highest BCUT2D eigenvalue weighted by atomic mass is 35.5. The highest BCUT2D eigenvalue weighted by Gasteiger charge is 2.17. The average molecular weight is 286 g/mol. The molecule has 0 aliphatic carbocycles. The van der Waals surface area contributed by atoms with Gasteiger partial charge in [0.05, 0.1) is 10.4 Å². The third-order valence-electron chi connectivity index (χ3n) is 2.66. The van der Waals surface area contributed by atoms with Crippen molar-refractivity contribution in [1.29, 1.82) is 0 Å². The SMILES string of the molecule is CC(C)n1ncnc1CC(NN)c1ccc(Cl)s1. The lowest BCUT2D eigenvalue weighted by atomic mass is 10.1. The van der Waals surface area contributed by atoms with Crippen LogP contribution in [0.25, 0.3) is 0 Å². The molecule has 0 saturated carbocycles. The van der Waals surface area contributed by atoms with Crippen molar-refractivity contribution in [3.63, 3.8) is 0 Å². The molecule has 0 spiro atoms. The zero-order valence-corrected chi connectivity index (χ0v) is 11.9. The number of aromatic nitrogens is 3. The Bertz CT molecular complexity index is 507. The Balaban J connectivity index is 2.18. The molecular weight excluding hydrogens is 270 g/mol. The molecule has 0 aliphatic rings. The van der Waals surface area contributed by atoms with Crippen LogP contribution < -0.4 is 11.3 Å². The van der Waals surface area contributed by atoms with Gasteiger partial charge in [-0.05, 0) is 26.0 Å². The number of nitrogens with one attached hydrogen (secondary N) is 1. The first-order valence-electron chi connectivity index (χ1n) is 5.71. The summed E-state index contributed by atoms with van der Waals surface area (Å²) in [7, 11) is 0. The first kappa shape index (κ1) is 13.5. The second-order valence-electron chi connectivity index (χ2n) is 4.28. The minimum atomic E-state index is 0.00389. The highest BCUT2D eigenvalue weighted by Crippen LogP contribution is 2.28. The molecule has 3 N–H and O–H groups in total. The fraction of sp³-hybridized carbons (Fsp3) is 0.455. The van der Waals surface area contributed by atoms with Crippen molar-refractivity contribution in [3.05, 3.63) is 33.5 Å². The molecular formula is C11H16ClN5S. The monoisotopic (exact) mass is 285 g/mol. The van der Waals surface area contributed by atoms with Crippen molar-refractivity contribution >= 4 is 22.9 Å². The summed E-state index contributed by atoms with van der Waals surface area (Å²) < 4.78 is 2.66. The molecule has 2 rings (SSSR count). The van der Waals surface area contributed by atoms with Crippen molar-refractivity contribution in [2.45, 2.75) is 32.4 Å². The average Bonchev–Trinajstić information content (AvgIpc) is 2.94. The van der Waals surface area contributed by atoms with Gasteiger partial charge in [0.25, 0.3) is 0 Å². The lowest BCUT2D eigenvalue weighted by molar-refractivity contribution is 0.471. The second-order valence-corrected chi connectivity index (χ2v) is 6.03. The number of nitrogens with zero attached hydrogens (tertiary/aromatic N) is 3. The maximum absolute atomic E-state index is 5.94. The molecule has 1 atom stereocenters. The van der Waals surface area contributed by atoms with Crippen molar-refractivity contribution in [3.8, 4) is 0 Å². The van der Waals surface area contributed by atoms with Gasteiger partial charge in [0.15, 0.2) is 0 Å². The van der Waals surface area contributed by atoms with E-state index in [0.29, 0.717) is 6.42 Å². The summed E-state index contributed by atoms with van der Waals surface area (Å²) in [6.07, 6.45) is 2.26. The van der Waals surface area contributed by atoms with E-state index in [-0.39, 0.29) is 12.1 Å². The maximum Gasteiger partial charge on any atom is 0.138 e. The van der Waals surface area contributed by atoms with E-state index in [9.17, 15) is 0 Å². The Hall–Kier alpha value is -0.950. The van der Waals surface area contributed by atoms with E-state index in [4.69, 9.17) is 17.4 Å². The van der Waals surface area contributed by atoms with Gasteiger partial charge in [-0.15, -0.1) is 11.3 Å². The van der Waals surface area contributed by atoms with Crippen LogP contribution in [-0.4, -0.2) is 14.8 Å². The van der Waals surface area contributed by atoms with Crippen LogP contribution in [0.3, 0.4) is 0 Å². The van der Waals surface area contributed by atoms with Crippen LogP contribution in [0, 0.1) is 0 Å². The van der Waals surface area contributed by atoms with Crippen molar-refractivity contribution in [2.24, 2.45) is 5.84 Å².